The lowest BCUT2D eigenvalue weighted by molar-refractivity contribution is -0.124. The third-order valence-electron chi connectivity index (χ3n) is 5.26. The molecule has 5 N–H and O–H groups in total. The number of phenolic OH excluding ortho intramolecular Hbond substituents is 1. The minimum Gasteiger partial charge on any atom is -0.508 e. The second kappa shape index (κ2) is 5.68. The number of benzene rings is 2. The fourth-order valence-corrected chi connectivity index (χ4v) is 3.95. The molecule has 9 nitrogen and oxygen atoms in total. The number of nitrogens with one attached hydrogen (secondary N) is 2. The fourth-order valence-electron chi connectivity index (χ4n) is 3.95. The van der Waals surface area contributed by atoms with Crippen LogP contribution in [0, 0.1) is 5.41 Å². The summed E-state index contributed by atoms with van der Waals surface area (Å²) in [6, 6.07) is 13.2. The van der Waals surface area contributed by atoms with Gasteiger partial charge in [-0.1, -0.05) is 18.2 Å². The second-order valence-electron chi connectivity index (χ2n) is 6.95. The van der Waals surface area contributed by atoms with Crippen molar-refractivity contribution < 1.29 is 14.3 Å². The topological polar surface area (TPSA) is 145 Å². The zero-order valence-electron chi connectivity index (χ0n) is 15.0. The SMILES string of the molecule is N=C(N)N1N=C(c2cc3ccccc3oc2=O)CC12C(=O)Nc1ccc(O)cc12. The van der Waals surface area contributed by atoms with E-state index in [1.54, 1.807) is 30.3 Å². The Labute approximate surface area is 163 Å². The Morgan fingerprint density at radius 3 is 2.83 bits per heavy atom. The van der Waals surface area contributed by atoms with Gasteiger partial charge in [0.2, 0.25) is 5.96 Å². The summed E-state index contributed by atoms with van der Waals surface area (Å²) in [7, 11) is 0. The van der Waals surface area contributed by atoms with Crippen LogP contribution in [0.1, 0.15) is 17.5 Å². The summed E-state index contributed by atoms with van der Waals surface area (Å²) in [6.45, 7) is 0. The first-order valence-electron chi connectivity index (χ1n) is 8.80. The molecule has 0 bridgehead atoms. The number of rotatable bonds is 1. The van der Waals surface area contributed by atoms with Crippen LogP contribution in [0.4, 0.5) is 5.69 Å². The first-order chi connectivity index (χ1) is 13.9. The van der Waals surface area contributed by atoms with Gasteiger partial charge in [-0.3, -0.25) is 10.2 Å². The standard InChI is InChI=1S/C20H15N5O4/c21-19(22)25-20(13-8-11(26)5-6-14(13)23-18(20)28)9-15(24-25)12-7-10-3-1-2-4-16(10)29-17(12)27/h1-8,26H,9H2,(H3,21,22)(H,23,28). The summed E-state index contributed by atoms with van der Waals surface area (Å²) in [5.41, 5.74) is 5.49. The number of fused-ring (bicyclic) bond motifs is 3. The molecule has 1 atom stereocenters. The van der Waals surface area contributed by atoms with Crippen molar-refractivity contribution >= 4 is 34.2 Å². The molecule has 1 unspecified atom stereocenters. The van der Waals surface area contributed by atoms with Gasteiger partial charge in [-0.2, -0.15) is 5.10 Å². The van der Waals surface area contributed by atoms with Crippen LogP contribution >= 0.6 is 0 Å². The van der Waals surface area contributed by atoms with E-state index >= 15 is 0 Å². The molecule has 144 valence electrons. The molecule has 0 aliphatic carbocycles. The summed E-state index contributed by atoms with van der Waals surface area (Å²) in [4.78, 5) is 25.6. The Balaban J connectivity index is 1.70. The summed E-state index contributed by atoms with van der Waals surface area (Å²) in [5, 5.41) is 26.8. The van der Waals surface area contributed by atoms with Crippen molar-refractivity contribution in [2.75, 3.05) is 5.32 Å². The number of guanidine groups is 1. The molecule has 0 fully saturated rings. The summed E-state index contributed by atoms with van der Waals surface area (Å²) < 4.78 is 5.39. The van der Waals surface area contributed by atoms with Crippen molar-refractivity contribution in [1.29, 1.82) is 5.41 Å². The van der Waals surface area contributed by atoms with Crippen molar-refractivity contribution in [2.24, 2.45) is 10.8 Å². The Morgan fingerprint density at radius 1 is 1.24 bits per heavy atom. The number of nitrogens with two attached hydrogens (primary N) is 1. The van der Waals surface area contributed by atoms with E-state index in [2.05, 4.69) is 10.4 Å². The van der Waals surface area contributed by atoms with E-state index in [4.69, 9.17) is 15.6 Å². The van der Waals surface area contributed by atoms with Gasteiger partial charge in [-0.25, -0.2) is 9.80 Å². The van der Waals surface area contributed by atoms with Gasteiger partial charge in [-0.15, -0.1) is 0 Å². The van der Waals surface area contributed by atoms with E-state index in [0.29, 0.717) is 22.2 Å². The Kier molecular flexibility index (Phi) is 3.33. The number of phenols is 1. The molecule has 0 saturated heterocycles. The van der Waals surface area contributed by atoms with Crippen LogP contribution in [-0.4, -0.2) is 27.7 Å². The number of anilines is 1. The van der Waals surface area contributed by atoms with Crippen molar-refractivity contribution in [2.45, 2.75) is 12.0 Å². The second-order valence-corrected chi connectivity index (χ2v) is 6.95. The molecule has 2 aromatic carbocycles. The van der Waals surface area contributed by atoms with E-state index in [1.165, 1.54) is 12.1 Å². The number of hydrogen-bond donors (Lipinski definition) is 4. The number of hydrogen-bond acceptors (Lipinski definition) is 6. The van der Waals surface area contributed by atoms with Gasteiger partial charge in [-0.05, 0) is 30.3 Å². The predicted octanol–water partition coefficient (Wildman–Crippen LogP) is 1.65. The molecule has 29 heavy (non-hydrogen) atoms. The lowest BCUT2D eigenvalue weighted by Gasteiger charge is -2.30. The summed E-state index contributed by atoms with van der Waals surface area (Å²) in [6.07, 6.45) is -0.0159. The zero-order valence-corrected chi connectivity index (χ0v) is 15.0. The van der Waals surface area contributed by atoms with Crippen molar-refractivity contribution in [3.05, 3.63) is 70.1 Å². The molecule has 5 rings (SSSR count). The van der Waals surface area contributed by atoms with Gasteiger partial charge in [0.25, 0.3) is 5.91 Å². The van der Waals surface area contributed by atoms with Crippen LogP contribution in [-0.2, 0) is 10.3 Å². The number of nitrogens with zero attached hydrogens (tertiary/aromatic N) is 2. The number of carbonyl (C=O) groups is 1. The van der Waals surface area contributed by atoms with Gasteiger partial charge in [0.05, 0.1) is 11.3 Å². The first kappa shape index (κ1) is 17.0. The normalized spacial score (nSPS) is 20.1. The average Bonchev–Trinajstić information content (AvgIpc) is 3.22. The lowest BCUT2D eigenvalue weighted by Crippen LogP contribution is -2.50. The van der Waals surface area contributed by atoms with E-state index in [-0.39, 0.29) is 23.4 Å². The maximum atomic E-state index is 13.0. The number of hydrazone groups is 1. The molecule has 2 aliphatic heterocycles. The monoisotopic (exact) mass is 389 g/mol. The molecule has 3 aromatic rings. The van der Waals surface area contributed by atoms with E-state index < -0.39 is 23.0 Å². The molecule has 2 aliphatic rings. The van der Waals surface area contributed by atoms with Gasteiger partial charge in [0, 0.05) is 23.1 Å². The first-order valence-corrected chi connectivity index (χ1v) is 8.80. The lowest BCUT2D eigenvalue weighted by atomic mass is 9.85. The smallest absolute Gasteiger partial charge is 0.345 e. The van der Waals surface area contributed by atoms with Gasteiger partial charge in [0.15, 0.2) is 5.54 Å². The third-order valence-corrected chi connectivity index (χ3v) is 5.26. The van der Waals surface area contributed by atoms with Gasteiger partial charge >= 0.3 is 5.63 Å². The van der Waals surface area contributed by atoms with Crippen molar-refractivity contribution in [3.63, 3.8) is 0 Å². The van der Waals surface area contributed by atoms with E-state index in [0.717, 1.165) is 5.01 Å². The van der Waals surface area contributed by atoms with Gasteiger partial charge < -0.3 is 20.6 Å². The van der Waals surface area contributed by atoms with Crippen LogP contribution < -0.4 is 16.7 Å². The van der Waals surface area contributed by atoms with E-state index in [9.17, 15) is 14.7 Å². The molecular weight excluding hydrogens is 374 g/mol. The quantitative estimate of drug-likeness (QED) is 0.215. The third kappa shape index (κ3) is 2.27. The largest absolute Gasteiger partial charge is 0.508 e. The zero-order chi connectivity index (χ0) is 20.3. The van der Waals surface area contributed by atoms with Crippen LogP contribution in [0.15, 0.2) is 62.8 Å². The Hall–Kier alpha value is -4.14. The maximum Gasteiger partial charge on any atom is 0.345 e. The Bertz CT molecular complexity index is 1310. The summed E-state index contributed by atoms with van der Waals surface area (Å²) >= 11 is 0. The Morgan fingerprint density at radius 2 is 2.03 bits per heavy atom. The van der Waals surface area contributed by atoms with Crippen LogP contribution in [0.25, 0.3) is 11.0 Å². The molecule has 1 amide bonds. The fraction of sp³-hybridized carbons (Fsp3) is 0.100. The van der Waals surface area contributed by atoms with Crippen molar-refractivity contribution in [1.82, 2.24) is 5.01 Å². The summed E-state index contributed by atoms with van der Waals surface area (Å²) in [5.74, 6) is -0.949. The molecule has 3 heterocycles. The highest BCUT2D eigenvalue weighted by Crippen LogP contribution is 2.47. The number of aromatic hydroxyl groups is 1. The highest BCUT2D eigenvalue weighted by atomic mass is 16.4. The number of amides is 1. The van der Waals surface area contributed by atoms with Crippen LogP contribution in [0.3, 0.4) is 0 Å². The van der Waals surface area contributed by atoms with E-state index in [1.807, 2.05) is 6.07 Å². The number of carbonyl (C=O) groups excluding carboxylic acids is 1. The van der Waals surface area contributed by atoms with Crippen LogP contribution in [0.2, 0.25) is 0 Å². The molecular formula is C20H15N5O4. The van der Waals surface area contributed by atoms with Gasteiger partial charge in [0.1, 0.15) is 11.3 Å². The molecule has 1 aromatic heterocycles. The molecule has 9 heteroatoms. The highest BCUT2D eigenvalue weighted by molar-refractivity contribution is 6.15. The number of para-hydroxylation sites is 1. The van der Waals surface area contributed by atoms with Crippen LogP contribution in [0.5, 0.6) is 5.75 Å². The maximum absolute atomic E-state index is 13.0. The molecule has 1 spiro atoms. The highest BCUT2D eigenvalue weighted by Gasteiger charge is 2.57. The minimum absolute atomic E-state index is 0.0159. The minimum atomic E-state index is -1.46. The molecule has 0 radical (unpaired) electrons. The van der Waals surface area contributed by atoms with Crippen molar-refractivity contribution in [3.8, 4) is 5.75 Å². The molecule has 0 saturated carbocycles. The average molecular weight is 389 g/mol. The predicted molar refractivity (Wildman–Crippen MR) is 106 cm³/mol.